The third kappa shape index (κ3) is 2.38. The van der Waals surface area contributed by atoms with E-state index in [0.717, 1.165) is 12.1 Å². The van der Waals surface area contributed by atoms with Crippen molar-refractivity contribution >= 4 is 10.9 Å². The van der Waals surface area contributed by atoms with E-state index in [2.05, 4.69) is 4.98 Å². The molecule has 5 nitrogen and oxygen atoms in total. The van der Waals surface area contributed by atoms with Gasteiger partial charge in [-0.05, 0) is 31.2 Å². The van der Waals surface area contributed by atoms with Gasteiger partial charge in [-0.3, -0.25) is 4.79 Å². The van der Waals surface area contributed by atoms with Gasteiger partial charge in [0, 0.05) is 12.6 Å². The zero-order valence-electron chi connectivity index (χ0n) is 12.8. The first-order valence-corrected chi connectivity index (χ1v) is 6.95. The largest absolute Gasteiger partial charge is 0.452 e. The molecule has 0 N–H and O–H groups in total. The van der Waals surface area contributed by atoms with Gasteiger partial charge in [-0.1, -0.05) is 0 Å². The SMILES string of the molecule is Cc1c(Oc2c(F)ccc(F)c2C#N)ccc2ncn(C)c(=O)c12. The zero-order chi connectivity index (χ0) is 17.4. The number of hydrogen-bond donors (Lipinski definition) is 0. The van der Waals surface area contributed by atoms with Crippen LogP contribution in [0.15, 0.2) is 35.4 Å². The maximum Gasteiger partial charge on any atom is 0.261 e. The van der Waals surface area contributed by atoms with Crippen LogP contribution in [0, 0.1) is 29.9 Å². The van der Waals surface area contributed by atoms with E-state index < -0.39 is 22.9 Å². The molecule has 0 aliphatic carbocycles. The smallest absolute Gasteiger partial charge is 0.261 e. The normalized spacial score (nSPS) is 10.6. The molecule has 0 aliphatic heterocycles. The van der Waals surface area contributed by atoms with Gasteiger partial charge in [0.2, 0.25) is 0 Å². The number of ether oxygens (including phenoxy) is 1. The minimum Gasteiger partial charge on any atom is -0.452 e. The van der Waals surface area contributed by atoms with Crippen LogP contribution in [-0.2, 0) is 7.05 Å². The Kier molecular flexibility index (Phi) is 3.73. The van der Waals surface area contributed by atoms with Crippen LogP contribution in [0.5, 0.6) is 11.5 Å². The van der Waals surface area contributed by atoms with Crippen molar-refractivity contribution < 1.29 is 13.5 Å². The van der Waals surface area contributed by atoms with Crippen LogP contribution in [0.2, 0.25) is 0 Å². The number of nitrogens with zero attached hydrogens (tertiary/aromatic N) is 3. The Hall–Kier alpha value is -3.27. The van der Waals surface area contributed by atoms with Crippen molar-refractivity contribution in [1.82, 2.24) is 9.55 Å². The minimum absolute atomic E-state index is 0.147. The Morgan fingerprint density at radius 3 is 2.62 bits per heavy atom. The average molecular weight is 327 g/mol. The molecule has 1 heterocycles. The predicted octanol–water partition coefficient (Wildman–Crippen LogP) is 3.18. The van der Waals surface area contributed by atoms with Crippen LogP contribution < -0.4 is 10.3 Å². The number of halogens is 2. The maximum atomic E-state index is 14.0. The Balaban J connectivity index is 2.22. The second-order valence-corrected chi connectivity index (χ2v) is 5.19. The third-order valence-corrected chi connectivity index (χ3v) is 3.68. The van der Waals surface area contributed by atoms with Crippen molar-refractivity contribution in [2.45, 2.75) is 6.92 Å². The molecule has 0 bridgehead atoms. The van der Waals surface area contributed by atoms with Gasteiger partial charge in [0.15, 0.2) is 11.6 Å². The Morgan fingerprint density at radius 2 is 1.92 bits per heavy atom. The summed E-state index contributed by atoms with van der Waals surface area (Å²) in [4.78, 5) is 16.4. The summed E-state index contributed by atoms with van der Waals surface area (Å²) in [5, 5.41) is 9.34. The molecule has 0 spiro atoms. The summed E-state index contributed by atoms with van der Waals surface area (Å²) in [5.74, 6) is -2.12. The van der Waals surface area contributed by atoms with Crippen molar-refractivity contribution in [3.63, 3.8) is 0 Å². The Labute approximate surface area is 135 Å². The van der Waals surface area contributed by atoms with Crippen molar-refractivity contribution in [1.29, 1.82) is 5.26 Å². The van der Waals surface area contributed by atoms with Crippen molar-refractivity contribution in [3.05, 3.63) is 63.7 Å². The number of aryl methyl sites for hydroxylation is 2. The number of hydrogen-bond acceptors (Lipinski definition) is 4. The van der Waals surface area contributed by atoms with E-state index in [4.69, 9.17) is 10.00 Å². The fourth-order valence-corrected chi connectivity index (χ4v) is 2.39. The highest BCUT2D eigenvalue weighted by Gasteiger charge is 2.18. The molecule has 2 aromatic carbocycles. The van der Waals surface area contributed by atoms with E-state index in [1.807, 2.05) is 0 Å². The molecule has 0 aliphatic rings. The van der Waals surface area contributed by atoms with Crippen LogP contribution >= 0.6 is 0 Å². The zero-order valence-corrected chi connectivity index (χ0v) is 12.8. The molecule has 0 unspecified atom stereocenters. The van der Waals surface area contributed by atoms with E-state index in [1.54, 1.807) is 26.1 Å². The molecule has 1 aromatic heterocycles. The summed E-state index contributed by atoms with van der Waals surface area (Å²) < 4.78 is 34.4. The monoisotopic (exact) mass is 327 g/mol. The van der Waals surface area contributed by atoms with Gasteiger partial charge in [0.1, 0.15) is 23.2 Å². The highest BCUT2D eigenvalue weighted by Crippen LogP contribution is 2.33. The quantitative estimate of drug-likeness (QED) is 0.725. The van der Waals surface area contributed by atoms with Crippen LogP contribution in [0.4, 0.5) is 8.78 Å². The molecule has 0 saturated heterocycles. The standard InChI is InChI=1S/C17H11F2N3O2/c1-9-14(6-5-13-15(9)17(23)22(2)8-21-13)24-16-10(7-20)11(18)3-4-12(16)19/h3-6,8H,1-2H3. The van der Waals surface area contributed by atoms with Crippen LogP contribution in [0.25, 0.3) is 10.9 Å². The molecule has 24 heavy (non-hydrogen) atoms. The number of rotatable bonds is 2. The highest BCUT2D eigenvalue weighted by molar-refractivity contribution is 5.83. The lowest BCUT2D eigenvalue weighted by Crippen LogP contribution is -2.18. The highest BCUT2D eigenvalue weighted by atomic mass is 19.1. The fourth-order valence-electron chi connectivity index (χ4n) is 2.39. The second kappa shape index (κ2) is 5.74. The molecular formula is C17H11F2N3O2. The van der Waals surface area contributed by atoms with Crippen LogP contribution in [0.1, 0.15) is 11.1 Å². The summed E-state index contributed by atoms with van der Waals surface area (Å²) in [6.07, 6.45) is 1.39. The van der Waals surface area contributed by atoms with Crippen LogP contribution in [0.3, 0.4) is 0 Å². The first-order valence-electron chi connectivity index (χ1n) is 6.95. The molecule has 0 radical (unpaired) electrons. The third-order valence-electron chi connectivity index (χ3n) is 3.68. The predicted molar refractivity (Wildman–Crippen MR) is 82.9 cm³/mol. The summed E-state index contributed by atoms with van der Waals surface area (Å²) in [5.41, 5.74) is 0.0636. The number of benzene rings is 2. The van der Waals surface area contributed by atoms with E-state index in [0.29, 0.717) is 16.5 Å². The second-order valence-electron chi connectivity index (χ2n) is 5.19. The van der Waals surface area contributed by atoms with Crippen molar-refractivity contribution in [2.75, 3.05) is 0 Å². The summed E-state index contributed by atoms with van der Waals surface area (Å²) in [6, 6.07) is 6.36. The van der Waals surface area contributed by atoms with E-state index in [9.17, 15) is 13.6 Å². The lowest BCUT2D eigenvalue weighted by molar-refractivity contribution is 0.432. The first kappa shape index (κ1) is 15.6. The molecule has 0 saturated carbocycles. The van der Waals surface area contributed by atoms with Gasteiger partial charge >= 0.3 is 0 Å². The molecule has 0 amide bonds. The fraction of sp³-hybridized carbons (Fsp3) is 0.118. The molecule has 3 aromatic rings. The summed E-state index contributed by atoms with van der Waals surface area (Å²) in [7, 11) is 1.56. The Bertz CT molecular complexity index is 1070. The molecular weight excluding hydrogens is 316 g/mol. The minimum atomic E-state index is -0.884. The average Bonchev–Trinajstić information content (AvgIpc) is 2.56. The Morgan fingerprint density at radius 1 is 1.21 bits per heavy atom. The van der Waals surface area contributed by atoms with Gasteiger partial charge in [0.05, 0.1) is 17.2 Å². The number of nitriles is 1. The van der Waals surface area contributed by atoms with Crippen molar-refractivity contribution in [3.8, 4) is 17.6 Å². The molecule has 7 heteroatoms. The lowest BCUT2D eigenvalue weighted by Gasteiger charge is -2.13. The molecule has 0 fully saturated rings. The van der Waals surface area contributed by atoms with Crippen LogP contribution in [-0.4, -0.2) is 9.55 Å². The topological polar surface area (TPSA) is 67.9 Å². The van der Waals surface area contributed by atoms with E-state index in [1.165, 1.54) is 17.0 Å². The lowest BCUT2D eigenvalue weighted by atomic mass is 10.1. The number of fused-ring (bicyclic) bond motifs is 1. The molecule has 120 valence electrons. The maximum absolute atomic E-state index is 14.0. The molecule has 3 rings (SSSR count). The van der Waals surface area contributed by atoms with E-state index in [-0.39, 0.29) is 11.3 Å². The summed E-state index contributed by atoms with van der Waals surface area (Å²) in [6.45, 7) is 1.62. The van der Waals surface area contributed by atoms with Gasteiger partial charge < -0.3 is 9.30 Å². The van der Waals surface area contributed by atoms with Gasteiger partial charge in [-0.15, -0.1) is 0 Å². The number of aromatic nitrogens is 2. The van der Waals surface area contributed by atoms with Crippen molar-refractivity contribution in [2.24, 2.45) is 7.05 Å². The summed E-state index contributed by atoms with van der Waals surface area (Å²) >= 11 is 0. The first-order chi connectivity index (χ1) is 11.4. The van der Waals surface area contributed by atoms with E-state index >= 15 is 0 Å². The molecule has 0 atom stereocenters. The van der Waals surface area contributed by atoms with Gasteiger partial charge in [-0.2, -0.15) is 5.26 Å². The van der Waals surface area contributed by atoms with Gasteiger partial charge in [0.25, 0.3) is 5.56 Å². The van der Waals surface area contributed by atoms with Gasteiger partial charge in [-0.25, -0.2) is 13.8 Å².